The maximum absolute atomic E-state index is 12.8. The van der Waals surface area contributed by atoms with Gasteiger partial charge in [0.15, 0.2) is 0 Å². The Balaban J connectivity index is 1.50. The summed E-state index contributed by atoms with van der Waals surface area (Å²) in [6.45, 7) is 0.914. The maximum atomic E-state index is 12.8. The van der Waals surface area contributed by atoms with Gasteiger partial charge in [-0.15, -0.1) is 0 Å². The highest BCUT2D eigenvalue weighted by atomic mass is 32.2. The van der Waals surface area contributed by atoms with E-state index in [0.29, 0.717) is 30.3 Å². The summed E-state index contributed by atoms with van der Waals surface area (Å²) in [7, 11) is 1.45. The van der Waals surface area contributed by atoms with Gasteiger partial charge in [-0.25, -0.2) is 17.7 Å². The van der Waals surface area contributed by atoms with E-state index in [2.05, 4.69) is 9.88 Å². The third-order valence-electron chi connectivity index (χ3n) is 5.75. The molecule has 0 aliphatic heterocycles. The lowest BCUT2D eigenvalue weighted by atomic mass is 10.2. The van der Waals surface area contributed by atoms with Gasteiger partial charge in [0.05, 0.1) is 15.9 Å². The van der Waals surface area contributed by atoms with E-state index in [4.69, 9.17) is 0 Å². The van der Waals surface area contributed by atoms with Crippen LogP contribution in [0.3, 0.4) is 0 Å². The van der Waals surface area contributed by atoms with E-state index >= 15 is 0 Å². The number of hydrogen-bond donors (Lipinski definition) is 0. The van der Waals surface area contributed by atoms with Crippen LogP contribution in [0.15, 0.2) is 23.1 Å². The van der Waals surface area contributed by atoms with Crippen molar-refractivity contribution in [3.8, 4) is 0 Å². The second-order valence-electron chi connectivity index (χ2n) is 8.25. The lowest BCUT2D eigenvalue weighted by Gasteiger charge is -2.22. The van der Waals surface area contributed by atoms with Crippen LogP contribution in [0.1, 0.15) is 37.9 Å². The van der Waals surface area contributed by atoms with Crippen LogP contribution in [-0.4, -0.2) is 59.8 Å². The van der Waals surface area contributed by atoms with Crippen LogP contribution in [0.5, 0.6) is 0 Å². The van der Waals surface area contributed by atoms with E-state index in [1.54, 1.807) is 18.2 Å². The third-order valence-corrected chi connectivity index (χ3v) is 7.56. The summed E-state index contributed by atoms with van der Waals surface area (Å²) in [4.78, 5) is 19.7. The van der Waals surface area contributed by atoms with Crippen LogP contribution in [0.4, 0.5) is 0 Å². The van der Waals surface area contributed by atoms with Gasteiger partial charge in [-0.3, -0.25) is 4.79 Å². The number of imidazole rings is 1. The largest absolute Gasteiger partial charge is 0.339 e. The van der Waals surface area contributed by atoms with Crippen LogP contribution < -0.4 is 0 Å². The Hall–Kier alpha value is -1.93. The van der Waals surface area contributed by atoms with Crippen molar-refractivity contribution in [3.63, 3.8) is 0 Å². The van der Waals surface area contributed by atoms with Crippen molar-refractivity contribution in [3.05, 3.63) is 24.0 Å². The van der Waals surface area contributed by atoms with E-state index in [1.807, 2.05) is 11.6 Å². The van der Waals surface area contributed by atoms with Crippen LogP contribution in [0, 0.1) is 5.92 Å². The SMILES string of the molecule is CN(C)S(=O)(=O)c1ccc2c(c1)nc(CCC(=O)N(CC1CC1)C1CC1)n2C. The highest BCUT2D eigenvalue weighted by molar-refractivity contribution is 7.89. The fourth-order valence-corrected chi connectivity index (χ4v) is 4.53. The molecule has 2 saturated carbocycles. The zero-order chi connectivity index (χ0) is 20.1. The highest BCUT2D eigenvalue weighted by Crippen LogP contribution is 2.35. The first-order chi connectivity index (χ1) is 13.3. The Labute approximate surface area is 166 Å². The summed E-state index contributed by atoms with van der Waals surface area (Å²) >= 11 is 0. The van der Waals surface area contributed by atoms with Crippen LogP contribution in [0.2, 0.25) is 0 Å². The predicted molar refractivity (Wildman–Crippen MR) is 107 cm³/mol. The molecule has 0 bridgehead atoms. The molecule has 7 nitrogen and oxygen atoms in total. The summed E-state index contributed by atoms with van der Waals surface area (Å²) < 4.78 is 27.9. The fourth-order valence-electron chi connectivity index (χ4n) is 3.61. The normalized spacial score (nSPS) is 17.4. The Kier molecular flexibility index (Phi) is 4.95. The first kappa shape index (κ1) is 19.4. The number of nitrogens with zero attached hydrogens (tertiary/aromatic N) is 4. The zero-order valence-electron chi connectivity index (χ0n) is 16.8. The number of aryl methyl sites for hydroxylation is 2. The van der Waals surface area contributed by atoms with Gasteiger partial charge < -0.3 is 9.47 Å². The molecule has 0 spiro atoms. The quantitative estimate of drug-likeness (QED) is 0.676. The van der Waals surface area contributed by atoms with E-state index in [-0.39, 0.29) is 10.8 Å². The van der Waals surface area contributed by atoms with Gasteiger partial charge in [-0.1, -0.05) is 0 Å². The minimum Gasteiger partial charge on any atom is -0.339 e. The number of rotatable bonds is 8. The molecule has 2 aliphatic rings. The smallest absolute Gasteiger partial charge is 0.242 e. The third kappa shape index (κ3) is 3.80. The Morgan fingerprint density at radius 1 is 1.21 bits per heavy atom. The summed E-state index contributed by atoms with van der Waals surface area (Å²) in [6, 6.07) is 5.46. The van der Waals surface area contributed by atoms with Crippen molar-refractivity contribution in [2.24, 2.45) is 13.0 Å². The molecule has 2 aromatic rings. The molecule has 152 valence electrons. The number of benzene rings is 1. The molecule has 8 heteroatoms. The van der Waals surface area contributed by atoms with Crippen molar-refractivity contribution >= 4 is 27.0 Å². The lowest BCUT2D eigenvalue weighted by Crippen LogP contribution is -2.35. The molecule has 0 atom stereocenters. The van der Waals surface area contributed by atoms with E-state index < -0.39 is 10.0 Å². The van der Waals surface area contributed by atoms with E-state index in [1.165, 1.54) is 31.2 Å². The predicted octanol–water partition coefficient (Wildman–Crippen LogP) is 2.16. The number of amides is 1. The summed E-state index contributed by atoms with van der Waals surface area (Å²) in [5, 5.41) is 0. The van der Waals surface area contributed by atoms with Gasteiger partial charge >= 0.3 is 0 Å². The first-order valence-corrected chi connectivity index (χ1v) is 11.4. The summed E-state index contributed by atoms with van der Waals surface area (Å²) in [5.41, 5.74) is 1.52. The van der Waals surface area contributed by atoms with Crippen molar-refractivity contribution in [2.75, 3.05) is 20.6 Å². The van der Waals surface area contributed by atoms with Crippen LogP contribution >= 0.6 is 0 Å². The molecule has 1 aromatic heterocycles. The number of hydrogen-bond acceptors (Lipinski definition) is 4. The Morgan fingerprint density at radius 2 is 1.93 bits per heavy atom. The number of sulfonamides is 1. The fraction of sp³-hybridized carbons (Fsp3) is 0.600. The molecule has 2 aliphatic carbocycles. The second-order valence-corrected chi connectivity index (χ2v) is 10.4. The average molecular weight is 405 g/mol. The highest BCUT2D eigenvalue weighted by Gasteiger charge is 2.36. The van der Waals surface area contributed by atoms with Crippen molar-refractivity contribution in [1.29, 1.82) is 0 Å². The molecule has 0 unspecified atom stereocenters. The Bertz CT molecular complexity index is 1000. The standard InChI is InChI=1S/C20H28N4O3S/c1-22(2)28(26,27)16-8-9-18-17(12-16)21-19(23(18)3)10-11-20(25)24(15-6-7-15)13-14-4-5-14/h8-9,12,14-15H,4-7,10-11,13H2,1-3H3. The van der Waals surface area contributed by atoms with Gasteiger partial charge in [0.25, 0.3) is 0 Å². The lowest BCUT2D eigenvalue weighted by molar-refractivity contribution is -0.132. The van der Waals surface area contributed by atoms with Crippen molar-refractivity contribution < 1.29 is 13.2 Å². The Morgan fingerprint density at radius 3 is 2.54 bits per heavy atom. The van der Waals surface area contributed by atoms with E-state index in [9.17, 15) is 13.2 Å². The summed E-state index contributed by atoms with van der Waals surface area (Å²) in [5.74, 6) is 1.74. The van der Waals surface area contributed by atoms with Gasteiger partial charge in [-0.05, 0) is 49.8 Å². The van der Waals surface area contributed by atoms with Crippen molar-refractivity contribution in [2.45, 2.75) is 49.5 Å². The van der Waals surface area contributed by atoms with Crippen LogP contribution in [-0.2, 0) is 28.3 Å². The molecule has 2 fully saturated rings. The molecule has 28 heavy (non-hydrogen) atoms. The van der Waals surface area contributed by atoms with E-state index in [0.717, 1.165) is 30.7 Å². The molecule has 1 aromatic carbocycles. The number of carbonyl (C=O) groups excluding carboxylic acids is 1. The minimum absolute atomic E-state index is 0.220. The molecule has 1 heterocycles. The van der Waals surface area contributed by atoms with Crippen molar-refractivity contribution in [1.82, 2.24) is 18.8 Å². The van der Waals surface area contributed by atoms with Crippen LogP contribution in [0.25, 0.3) is 11.0 Å². The molecular formula is C20H28N4O3S. The monoisotopic (exact) mass is 404 g/mol. The van der Waals surface area contributed by atoms with Gasteiger partial charge in [0.2, 0.25) is 15.9 Å². The molecular weight excluding hydrogens is 376 g/mol. The number of carbonyl (C=O) groups is 1. The molecule has 1 amide bonds. The van der Waals surface area contributed by atoms with Gasteiger partial charge in [0, 0.05) is 46.6 Å². The zero-order valence-corrected chi connectivity index (χ0v) is 17.6. The first-order valence-electron chi connectivity index (χ1n) is 9.94. The van der Waals surface area contributed by atoms with Gasteiger partial charge in [0.1, 0.15) is 5.82 Å². The molecule has 0 radical (unpaired) electrons. The maximum Gasteiger partial charge on any atom is 0.242 e. The second kappa shape index (κ2) is 7.15. The number of fused-ring (bicyclic) bond motifs is 1. The topological polar surface area (TPSA) is 75.5 Å². The molecule has 0 saturated heterocycles. The summed E-state index contributed by atoms with van der Waals surface area (Å²) in [6.07, 6.45) is 5.78. The average Bonchev–Trinajstić information content (AvgIpc) is 3.56. The number of aromatic nitrogens is 2. The van der Waals surface area contributed by atoms with Gasteiger partial charge in [-0.2, -0.15) is 0 Å². The molecule has 0 N–H and O–H groups in total. The minimum atomic E-state index is -3.49. The molecule has 4 rings (SSSR count).